The molecule has 0 saturated carbocycles. The molecule has 1 amide bonds. The van der Waals surface area contributed by atoms with Gasteiger partial charge in [0.1, 0.15) is 9.31 Å². The fraction of sp³-hybridized carbons (Fsp3) is 0.143. The second kappa shape index (κ2) is 5.21. The summed E-state index contributed by atoms with van der Waals surface area (Å²) in [5.41, 5.74) is 0.402. The van der Waals surface area contributed by atoms with Gasteiger partial charge in [-0.2, -0.15) is 12.6 Å². The van der Waals surface area contributed by atoms with Crippen molar-refractivity contribution in [2.24, 2.45) is 0 Å². The van der Waals surface area contributed by atoms with Crippen LogP contribution in [0.5, 0.6) is 0 Å². The minimum atomic E-state index is -0.589. The maximum absolute atomic E-state index is 11.2. The lowest BCUT2D eigenvalue weighted by Gasteiger charge is -2.07. The van der Waals surface area contributed by atoms with Gasteiger partial charge in [-0.1, -0.05) is 39.1 Å². The molecule has 76 valence electrons. The van der Waals surface area contributed by atoms with Crippen LogP contribution in [0.4, 0.5) is 5.69 Å². The Labute approximate surface area is 105 Å². The average molecular weight is 316 g/mol. The highest BCUT2D eigenvalue weighted by molar-refractivity contribution is 9.11. The van der Waals surface area contributed by atoms with Crippen LogP contribution in [0.25, 0.3) is 0 Å². The number of carbonyl (C=O) groups is 1. The number of nitrogens with one attached hydrogen (secondary N) is 1. The number of hydrogen-bond acceptors (Lipinski definition) is 3. The zero-order chi connectivity index (χ0) is 10.7. The second-order valence-corrected chi connectivity index (χ2v) is 5.25. The first-order valence-corrected chi connectivity index (χ1v) is 5.63. The first-order valence-electron chi connectivity index (χ1n) is 3.45. The molecule has 0 aromatic carbocycles. The van der Waals surface area contributed by atoms with E-state index in [2.05, 4.69) is 38.9 Å². The van der Waals surface area contributed by atoms with Crippen molar-refractivity contribution in [3.63, 3.8) is 0 Å². The molecule has 0 spiro atoms. The van der Waals surface area contributed by atoms with E-state index in [-0.39, 0.29) is 11.1 Å². The lowest BCUT2D eigenvalue weighted by atomic mass is 10.4. The Bertz CT molecular complexity index is 362. The van der Waals surface area contributed by atoms with Gasteiger partial charge in [0, 0.05) is 0 Å². The number of anilines is 1. The van der Waals surface area contributed by atoms with Crippen LogP contribution in [0.3, 0.4) is 0 Å². The molecule has 0 fully saturated rings. The fourth-order valence-electron chi connectivity index (χ4n) is 0.692. The Morgan fingerprint density at radius 3 is 2.79 bits per heavy atom. The van der Waals surface area contributed by atoms with Gasteiger partial charge in [0.25, 0.3) is 0 Å². The van der Waals surface area contributed by atoms with Crippen molar-refractivity contribution in [1.82, 2.24) is 4.98 Å². The Balaban J connectivity index is 2.82. The largest absolute Gasteiger partial charge is 0.322 e. The summed E-state index contributed by atoms with van der Waals surface area (Å²) < 4.78 is -0.589. The van der Waals surface area contributed by atoms with E-state index in [1.807, 2.05) is 0 Å². The maximum atomic E-state index is 11.2. The van der Waals surface area contributed by atoms with E-state index in [9.17, 15) is 4.79 Å². The molecule has 1 aromatic rings. The van der Waals surface area contributed by atoms with Gasteiger partial charge in [-0.25, -0.2) is 4.98 Å². The van der Waals surface area contributed by atoms with Crippen molar-refractivity contribution in [1.29, 1.82) is 0 Å². The van der Waals surface area contributed by atoms with Crippen LogP contribution in [0.1, 0.15) is 0 Å². The first kappa shape index (κ1) is 12.1. The monoisotopic (exact) mass is 314 g/mol. The number of nitrogens with zero attached hydrogens (tertiary/aromatic N) is 1. The normalized spacial score (nSPS) is 12.3. The van der Waals surface area contributed by atoms with Gasteiger partial charge in [0.2, 0.25) is 5.91 Å². The minimum Gasteiger partial charge on any atom is -0.322 e. The van der Waals surface area contributed by atoms with Gasteiger partial charge in [-0.3, -0.25) is 4.79 Å². The van der Waals surface area contributed by atoms with Gasteiger partial charge in [0.05, 0.1) is 16.9 Å². The predicted molar refractivity (Wildman–Crippen MR) is 64.6 cm³/mol. The highest BCUT2D eigenvalue weighted by Crippen LogP contribution is 2.23. The molecule has 1 rings (SSSR count). The number of rotatable bonds is 2. The third kappa shape index (κ3) is 3.31. The Hall–Kier alpha value is 0.0300. The Morgan fingerprint density at radius 1 is 1.64 bits per heavy atom. The number of carbonyl (C=O) groups excluding carboxylic acids is 1. The zero-order valence-electron chi connectivity index (χ0n) is 6.67. The van der Waals surface area contributed by atoms with Gasteiger partial charge in [0.15, 0.2) is 0 Å². The van der Waals surface area contributed by atoms with Crippen LogP contribution >= 0.6 is 51.8 Å². The van der Waals surface area contributed by atoms with Crippen LogP contribution in [0.15, 0.2) is 12.3 Å². The molecule has 0 saturated heterocycles. The number of pyridine rings is 1. The number of hydrogen-bond donors (Lipinski definition) is 2. The molecule has 14 heavy (non-hydrogen) atoms. The molecule has 1 aromatic heterocycles. The van der Waals surface area contributed by atoms with E-state index in [1.165, 1.54) is 12.3 Å². The second-order valence-electron chi connectivity index (χ2n) is 2.31. The smallest absolute Gasteiger partial charge is 0.248 e. The van der Waals surface area contributed by atoms with Crippen molar-refractivity contribution in [2.45, 2.75) is 4.16 Å². The van der Waals surface area contributed by atoms with Crippen LogP contribution < -0.4 is 5.32 Å². The highest BCUT2D eigenvalue weighted by Gasteiger charge is 2.11. The highest BCUT2D eigenvalue weighted by atomic mass is 79.9. The average Bonchev–Trinajstić information content (AvgIpc) is 2.09. The molecule has 0 aliphatic carbocycles. The topological polar surface area (TPSA) is 42.0 Å². The quantitative estimate of drug-likeness (QED) is 0.500. The summed E-state index contributed by atoms with van der Waals surface area (Å²) in [5, 5.41) is 3.13. The summed E-state index contributed by atoms with van der Waals surface area (Å²) in [4.78, 5) is 15.0. The molecule has 0 radical (unpaired) electrons. The van der Waals surface area contributed by atoms with E-state index in [0.29, 0.717) is 10.7 Å². The Morgan fingerprint density at radius 2 is 2.29 bits per heavy atom. The van der Waals surface area contributed by atoms with E-state index in [0.717, 1.165) is 0 Å². The summed E-state index contributed by atoms with van der Waals surface area (Å²) in [6.45, 7) is 0. The van der Waals surface area contributed by atoms with Crippen molar-refractivity contribution < 1.29 is 4.79 Å². The van der Waals surface area contributed by atoms with Crippen molar-refractivity contribution in [3.05, 3.63) is 22.4 Å². The molecule has 1 atom stereocenters. The van der Waals surface area contributed by atoms with Crippen molar-refractivity contribution >= 4 is 63.4 Å². The summed E-state index contributed by atoms with van der Waals surface area (Å²) in [6, 6.07) is 1.44. The lowest BCUT2D eigenvalue weighted by Crippen LogP contribution is -2.18. The van der Waals surface area contributed by atoms with Gasteiger partial charge in [-0.15, -0.1) is 0 Å². The molecular formula is C7H5BrCl2N2OS. The fourth-order valence-corrected chi connectivity index (χ4v) is 1.28. The van der Waals surface area contributed by atoms with Gasteiger partial charge >= 0.3 is 0 Å². The molecule has 0 bridgehead atoms. The van der Waals surface area contributed by atoms with E-state index < -0.39 is 4.16 Å². The van der Waals surface area contributed by atoms with Crippen LogP contribution in [0, 0.1) is 0 Å². The van der Waals surface area contributed by atoms with E-state index in [1.54, 1.807) is 0 Å². The van der Waals surface area contributed by atoms with Crippen LogP contribution in [0.2, 0.25) is 10.2 Å². The standard InChI is InChI=1S/C7H5BrCl2N2OS/c8-6(14)7(13)12-4-2-11-5(10)1-3(4)9/h1-2,6,14H,(H,12,13)/t6-/m1/s1. The third-order valence-electron chi connectivity index (χ3n) is 1.29. The molecule has 1 N–H and O–H groups in total. The SMILES string of the molecule is O=C(Nc1cnc(Cl)cc1Cl)[C@@H](S)Br. The van der Waals surface area contributed by atoms with Crippen molar-refractivity contribution in [2.75, 3.05) is 5.32 Å². The number of aromatic nitrogens is 1. The maximum Gasteiger partial charge on any atom is 0.248 e. The molecule has 0 unspecified atom stereocenters. The zero-order valence-corrected chi connectivity index (χ0v) is 10.7. The third-order valence-corrected chi connectivity index (χ3v) is 2.46. The van der Waals surface area contributed by atoms with Crippen molar-refractivity contribution in [3.8, 4) is 0 Å². The summed E-state index contributed by atoms with van der Waals surface area (Å²) >= 11 is 18.3. The predicted octanol–water partition coefficient (Wildman–Crippen LogP) is 2.98. The number of thiol groups is 1. The van der Waals surface area contributed by atoms with Crippen LogP contribution in [-0.4, -0.2) is 15.1 Å². The number of amides is 1. The van der Waals surface area contributed by atoms with E-state index in [4.69, 9.17) is 23.2 Å². The molecule has 7 heteroatoms. The molecule has 1 heterocycles. The summed E-state index contributed by atoms with van der Waals surface area (Å²) in [6.07, 6.45) is 1.38. The molecular weight excluding hydrogens is 311 g/mol. The lowest BCUT2D eigenvalue weighted by molar-refractivity contribution is -0.114. The molecule has 0 aliphatic heterocycles. The number of alkyl halides is 1. The molecule has 3 nitrogen and oxygen atoms in total. The molecule has 0 aliphatic rings. The summed E-state index contributed by atoms with van der Waals surface area (Å²) in [5.74, 6) is -0.320. The summed E-state index contributed by atoms with van der Waals surface area (Å²) in [7, 11) is 0. The first-order chi connectivity index (χ1) is 6.50. The number of halogens is 3. The van der Waals surface area contributed by atoms with Gasteiger partial charge in [-0.05, 0) is 6.07 Å². The van der Waals surface area contributed by atoms with Crippen LogP contribution in [-0.2, 0) is 4.79 Å². The Kier molecular flexibility index (Phi) is 4.50. The van der Waals surface area contributed by atoms with Gasteiger partial charge < -0.3 is 5.32 Å². The minimum absolute atomic E-state index is 0.272. The van der Waals surface area contributed by atoms with E-state index >= 15 is 0 Å².